The molecule has 0 atom stereocenters. The molecular weight excluding hydrogens is 360 g/mol. The molecule has 116 valence electrons. The van der Waals surface area contributed by atoms with Crippen LogP contribution in [0.3, 0.4) is 0 Å². The number of halogens is 1. The molecule has 1 aliphatic heterocycles. The lowest BCUT2D eigenvalue weighted by molar-refractivity contribution is 0.318. The summed E-state index contributed by atoms with van der Waals surface area (Å²) in [5.74, 6) is -0.0406. The fourth-order valence-electron chi connectivity index (χ4n) is 2.12. The van der Waals surface area contributed by atoms with E-state index in [1.165, 1.54) is 4.31 Å². The van der Waals surface area contributed by atoms with Crippen LogP contribution in [0.1, 0.15) is 24.8 Å². The van der Waals surface area contributed by atoms with Gasteiger partial charge in [-0.1, -0.05) is 11.6 Å². The van der Waals surface area contributed by atoms with E-state index in [0.717, 1.165) is 19.3 Å². The SMILES string of the molecule is N/C(=N/O)c1ccc(NS(=O)(=O)N2CCCCC2)c(Br)c1. The van der Waals surface area contributed by atoms with Crippen LogP contribution in [0.5, 0.6) is 0 Å². The molecule has 1 saturated heterocycles. The number of piperidine rings is 1. The molecule has 1 aromatic rings. The van der Waals surface area contributed by atoms with Crippen LogP contribution in [0.4, 0.5) is 5.69 Å². The molecule has 0 amide bonds. The van der Waals surface area contributed by atoms with E-state index in [1.807, 2.05) is 0 Å². The summed E-state index contributed by atoms with van der Waals surface area (Å²) in [5, 5.41) is 11.5. The molecule has 0 radical (unpaired) electrons. The Labute approximate surface area is 132 Å². The van der Waals surface area contributed by atoms with E-state index in [4.69, 9.17) is 10.9 Å². The maximum absolute atomic E-state index is 12.3. The Bertz CT molecular complexity index is 642. The smallest absolute Gasteiger partial charge is 0.301 e. The minimum absolute atomic E-state index is 0.0406. The van der Waals surface area contributed by atoms with Crippen molar-refractivity contribution >= 4 is 37.7 Å². The molecule has 1 aromatic carbocycles. The molecule has 0 bridgehead atoms. The average Bonchev–Trinajstić information content (AvgIpc) is 2.49. The van der Waals surface area contributed by atoms with Gasteiger partial charge in [-0.3, -0.25) is 4.72 Å². The standard InChI is InChI=1S/C12H17BrN4O3S/c13-10-8-9(12(14)15-18)4-5-11(10)16-21(19,20)17-6-2-1-3-7-17/h4-5,8,16,18H,1-3,6-7H2,(H2,14,15). The van der Waals surface area contributed by atoms with Gasteiger partial charge in [0.05, 0.1) is 5.69 Å². The second-order valence-corrected chi connectivity index (χ2v) is 7.27. The Balaban J connectivity index is 2.19. The summed E-state index contributed by atoms with van der Waals surface area (Å²) in [6, 6.07) is 4.73. The molecule has 0 aliphatic carbocycles. The van der Waals surface area contributed by atoms with Gasteiger partial charge in [0.15, 0.2) is 5.84 Å². The van der Waals surface area contributed by atoms with Gasteiger partial charge in [-0.05, 0) is 47.0 Å². The lowest BCUT2D eigenvalue weighted by Crippen LogP contribution is -2.39. The molecule has 2 rings (SSSR count). The number of hydrogen-bond acceptors (Lipinski definition) is 4. The molecule has 1 fully saturated rings. The number of benzene rings is 1. The molecule has 0 unspecified atom stereocenters. The van der Waals surface area contributed by atoms with Crippen LogP contribution in [-0.2, 0) is 10.2 Å². The van der Waals surface area contributed by atoms with Crippen molar-refractivity contribution in [3.8, 4) is 0 Å². The fourth-order valence-corrected chi connectivity index (χ4v) is 4.06. The minimum Gasteiger partial charge on any atom is -0.409 e. The minimum atomic E-state index is -3.56. The maximum Gasteiger partial charge on any atom is 0.301 e. The highest BCUT2D eigenvalue weighted by atomic mass is 79.9. The number of oxime groups is 1. The second kappa shape index (κ2) is 6.63. The zero-order valence-electron chi connectivity index (χ0n) is 11.3. The third-order valence-corrected chi connectivity index (χ3v) is 5.45. The van der Waals surface area contributed by atoms with Crippen LogP contribution in [-0.4, -0.2) is 36.9 Å². The van der Waals surface area contributed by atoms with E-state index < -0.39 is 10.2 Å². The van der Waals surface area contributed by atoms with Gasteiger partial charge < -0.3 is 10.9 Å². The molecule has 1 aliphatic rings. The Morgan fingerprint density at radius 1 is 1.33 bits per heavy atom. The predicted octanol–water partition coefficient (Wildman–Crippen LogP) is 1.69. The number of anilines is 1. The molecule has 9 heteroatoms. The van der Waals surface area contributed by atoms with Gasteiger partial charge in [-0.25, -0.2) is 0 Å². The third-order valence-electron chi connectivity index (χ3n) is 3.27. The monoisotopic (exact) mass is 376 g/mol. The van der Waals surface area contributed by atoms with E-state index in [2.05, 4.69) is 25.8 Å². The molecular formula is C12H17BrN4O3S. The number of nitrogens with two attached hydrogens (primary N) is 1. The first-order valence-electron chi connectivity index (χ1n) is 6.49. The summed E-state index contributed by atoms with van der Waals surface area (Å²) in [4.78, 5) is 0. The van der Waals surface area contributed by atoms with Crippen molar-refractivity contribution in [2.45, 2.75) is 19.3 Å². The highest BCUT2D eigenvalue weighted by Crippen LogP contribution is 2.26. The van der Waals surface area contributed by atoms with Gasteiger partial charge in [0.1, 0.15) is 0 Å². The number of amidine groups is 1. The number of nitrogens with zero attached hydrogens (tertiary/aromatic N) is 2. The Morgan fingerprint density at radius 2 is 2.00 bits per heavy atom. The summed E-state index contributed by atoms with van der Waals surface area (Å²) in [5.41, 5.74) is 6.39. The topological polar surface area (TPSA) is 108 Å². The van der Waals surface area contributed by atoms with Crippen molar-refractivity contribution in [1.82, 2.24) is 4.31 Å². The summed E-state index contributed by atoms with van der Waals surface area (Å²) >= 11 is 3.28. The van der Waals surface area contributed by atoms with Gasteiger partial charge >= 0.3 is 10.2 Å². The van der Waals surface area contributed by atoms with Crippen molar-refractivity contribution < 1.29 is 13.6 Å². The van der Waals surface area contributed by atoms with Crippen LogP contribution in [0.15, 0.2) is 27.8 Å². The van der Waals surface area contributed by atoms with Gasteiger partial charge in [0, 0.05) is 23.1 Å². The zero-order chi connectivity index (χ0) is 15.5. The van der Waals surface area contributed by atoms with E-state index in [0.29, 0.717) is 28.8 Å². The number of rotatable bonds is 4. The Hall–Kier alpha value is -1.32. The second-order valence-electron chi connectivity index (χ2n) is 4.75. The van der Waals surface area contributed by atoms with Gasteiger partial charge in [0.25, 0.3) is 0 Å². The molecule has 1 heterocycles. The molecule has 4 N–H and O–H groups in total. The van der Waals surface area contributed by atoms with Crippen LogP contribution in [0, 0.1) is 0 Å². The van der Waals surface area contributed by atoms with Crippen molar-refractivity contribution in [2.75, 3.05) is 17.8 Å². The summed E-state index contributed by atoms with van der Waals surface area (Å²) in [7, 11) is -3.56. The summed E-state index contributed by atoms with van der Waals surface area (Å²) in [6.45, 7) is 1.07. The number of nitrogens with one attached hydrogen (secondary N) is 1. The fraction of sp³-hybridized carbons (Fsp3) is 0.417. The van der Waals surface area contributed by atoms with Gasteiger partial charge in [-0.15, -0.1) is 0 Å². The van der Waals surface area contributed by atoms with Crippen molar-refractivity contribution in [3.63, 3.8) is 0 Å². The third kappa shape index (κ3) is 3.86. The molecule has 0 aromatic heterocycles. The first-order chi connectivity index (χ1) is 9.94. The maximum atomic E-state index is 12.3. The van der Waals surface area contributed by atoms with E-state index in [-0.39, 0.29) is 5.84 Å². The average molecular weight is 377 g/mol. The number of hydrogen-bond donors (Lipinski definition) is 3. The van der Waals surface area contributed by atoms with Crippen LogP contribution >= 0.6 is 15.9 Å². The molecule has 21 heavy (non-hydrogen) atoms. The quantitative estimate of drug-likeness (QED) is 0.321. The first kappa shape index (κ1) is 16.1. The summed E-state index contributed by atoms with van der Waals surface area (Å²) in [6.07, 6.45) is 2.82. The highest BCUT2D eigenvalue weighted by Gasteiger charge is 2.24. The molecule has 7 nitrogen and oxygen atoms in total. The Kier molecular flexibility index (Phi) is 5.07. The van der Waals surface area contributed by atoms with Gasteiger partial charge in [-0.2, -0.15) is 12.7 Å². The normalized spacial score (nSPS) is 17.7. The highest BCUT2D eigenvalue weighted by molar-refractivity contribution is 9.10. The van der Waals surface area contributed by atoms with Crippen LogP contribution in [0.25, 0.3) is 0 Å². The predicted molar refractivity (Wildman–Crippen MR) is 84.6 cm³/mol. The summed E-state index contributed by atoms with van der Waals surface area (Å²) < 4.78 is 29.1. The van der Waals surface area contributed by atoms with Crippen LogP contribution in [0.2, 0.25) is 0 Å². The largest absolute Gasteiger partial charge is 0.409 e. The van der Waals surface area contributed by atoms with E-state index in [1.54, 1.807) is 18.2 Å². The van der Waals surface area contributed by atoms with Crippen molar-refractivity contribution in [2.24, 2.45) is 10.9 Å². The molecule has 0 saturated carbocycles. The van der Waals surface area contributed by atoms with Crippen LogP contribution < -0.4 is 10.5 Å². The van der Waals surface area contributed by atoms with E-state index in [9.17, 15) is 8.42 Å². The lowest BCUT2D eigenvalue weighted by Gasteiger charge is -2.26. The van der Waals surface area contributed by atoms with E-state index >= 15 is 0 Å². The zero-order valence-corrected chi connectivity index (χ0v) is 13.7. The lowest BCUT2D eigenvalue weighted by atomic mass is 10.2. The molecule has 0 spiro atoms. The van der Waals surface area contributed by atoms with Crippen molar-refractivity contribution in [3.05, 3.63) is 28.2 Å². The van der Waals surface area contributed by atoms with Gasteiger partial charge in [0.2, 0.25) is 0 Å². The van der Waals surface area contributed by atoms with Crippen molar-refractivity contribution in [1.29, 1.82) is 0 Å². The first-order valence-corrected chi connectivity index (χ1v) is 8.72. The Morgan fingerprint density at radius 3 is 2.57 bits per heavy atom.